The minimum atomic E-state index is -4.62. The predicted molar refractivity (Wildman–Crippen MR) is 81.3 cm³/mol. The van der Waals surface area contributed by atoms with Crippen LogP contribution in [-0.2, 0) is 15.7 Å². The molecule has 2 rings (SSSR count). The lowest BCUT2D eigenvalue weighted by Crippen LogP contribution is -2.22. The van der Waals surface area contributed by atoms with Gasteiger partial charge in [0.25, 0.3) is 5.91 Å². The number of halogens is 4. The number of rotatable bonds is 4. The van der Waals surface area contributed by atoms with Crippen LogP contribution in [0.1, 0.15) is 15.9 Å². The van der Waals surface area contributed by atoms with Gasteiger partial charge in [-0.1, -0.05) is 17.7 Å². The maximum Gasteiger partial charge on any atom is 0.417 e. The number of amides is 1. The molecule has 0 atom stereocenters. The van der Waals surface area contributed by atoms with Crippen LogP contribution in [0.2, 0.25) is 5.02 Å². The summed E-state index contributed by atoms with van der Waals surface area (Å²) in [6.45, 7) is -0.715. The lowest BCUT2D eigenvalue weighted by molar-refractivity contribution is -0.137. The molecule has 0 unspecified atom stereocenters. The highest BCUT2D eigenvalue weighted by atomic mass is 35.5. The van der Waals surface area contributed by atoms with Crippen LogP contribution in [0.5, 0.6) is 5.75 Å². The lowest BCUT2D eigenvalue weighted by atomic mass is 10.2. The Morgan fingerprint density at radius 3 is 2.60 bits per heavy atom. The topological polar surface area (TPSA) is 88.5 Å². The van der Waals surface area contributed by atoms with Crippen molar-refractivity contribution in [1.29, 1.82) is 0 Å². The van der Waals surface area contributed by atoms with E-state index in [1.807, 2.05) is 0 Å². The first-order valence-corrected chi connectivity index (χ1v) is 7.03. The molecule has 1 heterocycles. The highest BCUT2D eigenvalue weighted by molar-refractivity contribution is 6.33. The van der Waals surface area contributed by atoms with Crippen LogP contribution in [0, 0.1) is 0 Å². The second-order valence-corrected chi connectivity index (χ2v) is 5.13. The molecule has 25 heavy (non-hydrogen) atoms. The molecular weight excluding hydrogens is 365 g/mol. The van der Waals surface area contributed by atoms with Crippen LogP contribution in [0.4, 0.5) is 19.0 Å². The lowest BCUT2D eigenvalue weighted by Gasteiger charge is -2.10. The Balaban J connectivity index is 1.95. The number of hydrogen-bond acceptors (Lipinski definition) is 5. The molecular formula is C15H10ClF3N2O4. The van der Waals surface area contributed by atoms with E-state index in [1.165, 1.54) is 18.2 Å². The minimum absolute atomic E-state index is 0.0264. The standard InChI is InChI=1S/C15H10ClF3N2O4/c16-11-5-9(15(17,18)19)6-20-13(11)21-12(23)7-25-14(24)8-2-1-3-10(22)4-8/h1-6,22H,7H2,(H,20,21,23). The summed E-state index contributed by atoms with van der Waals surface area (Å²) in [5.74, 6) is -2.16. The van der Waals surface area contributed by atoms with E-state index >= 15 is 0 Å². The number of anilines is 1. The summed E-state index contributed by atoms with van der Waals surface area (Å²) >= 11 is 5.64. The predicted octanol–water partition coefficient (Wildman–Crippen LogP) is 3.25. The first-order valence-electron chi connectivity index (χ1n) is 6.65. The van der Waals surface area contributed by atoms with Crippen molar-refractivity contribution >= 4 is 29.3 Å². The molecule has 0 bridgehead atoms. The van der Waals surface area contributed by atoms with Crippen molar-refractivity contribution in [3.05, 3.63) is 52.7 Å². The molecule has 0 saturated heterocycles. The molecule has 0 spiro atoms. The fraction of sp³-hybridized carbons (Fsp3) is 0.133. The molecule has 0 aliphatic carbocycles. The van der Waals surface area contributed by atoms with Gasteiger partial charge in [0.15, 0.2) is 12.4 Å². The molecule has 0 fully saturated rings. The third kappa shape index (κ3) is 5.08. The number of phenolic OH excluding ortho intramolecular Hbond substituents is 1. The fourth-order valence-electron chi connectivity index (χ4n) is 1.70. The van der Waals surface area contributed by atoms with E-state index < -0.39 is 35.2 Å². The summed E-state index contributed by atoms with van der Waals surface area (Å²) in [7, 11) is 0. The third-order valence-electron chi connectivity index (χ3n) is 2.84. The van der Waals surface area contributed by atoms with Gasteiger partial charge in [0.2, 0.25) is 0 Å². The number of carbonyl (C=O) groups excluding carboxylic acids is 2. The van der Waals surface area contributed by atoms with Crippen molar-refractivity contribution in [2.75, 3.05) is 11.9 Å². The Bertz CT molecular complexity index is 812. The normalized spacial score (nSPS) is 11.0. The number of nitrogens with one attached hydrogen (secondary N) is 1. The molecule has 1 aromatic carbocycles. The molecule has 0 aliphatic heterocycles. The van der Waals surface area contributed by atoms with Crippen LogP contribution < -0.4 is 5.32 Å². The van der Waals surface area contributed by atoms with Gasteiger partial charge in [0.05, 0.1) is 16.1 Å². The van der Waals surface area contributed by atoms with E-state index in [2.05, 4.69) is 10.3 Å². The second kappa shape index (κ2) is 7.39. The zero-order valence-electron chi connectivity index (χ0n) is 12.3. The van der Waals surface area contributed by atoms with E-state index in [0.29, 0.717) is 12.3 Å². The summed E-state index contributed by atoms with van der Waals surface area (Å²) in [4.78, 5) is 26.8. The van der Waals surface area contributed by atoms with Crippen molar-refractivity contribution < 1.29 is 32.6 Å². The van der Waals surface area contributed by atoms with E-state index in [-0.39, 0.29) is 17.1 Å². The number of pyridine rings is 1. The number of esters is 1. The summed E-state index contributed by atoms with van der Waals surface area (Å²) < 4.78 is 42.2. The van der Waals surface area contributed by atoms with Gasteiger partial charge in [0, 0.05) is 6.20 Å². The van der Waals surface area contributed by atoms with Gasteiger partial charge < -0.3 is 15.2 Å². The quantitative estimate of drug-likeness (QED) is 0.802. The number of hydrogen-bond donors (Lipinski definition) is 2. The summed E-state index contributed by atoms with van der Waals surface area (Å²) in [6.07, 6.45) is -4.10. The van der Waals surface area contributed by atoms with Crippen LogP contribution in [-0.4, -0.2) is 28.6 Å². The third-order valence-corrected chi connectivity index (χ3v) is 3.13. The molecule has 2 aromatic rings. The number of alkyl halides is 3. The van der Waals surface area contributed by atoms with Crippen molar-refractivity contribution in [3.8, 4) is 5.75 Å². The number of aromatic nitrogens is 1. The maximum absolute atomic E-state index is 12.5. The van der Waals surface area contributed by atoms with E-state index in [1.54, 1.807) is 0 Å². The summed E-state index contributed by atoms with van der Waals surface area (Å²) in [5.41, 5.74) is -1.04. The summed E-state index contributed by atoms with van der Waals surface area (Å²) in [6, 6.07) is 5.89. The minimum Gasteiger partial charge on any atom is -0.508 e. The largest absolute Gasteiger partial charge is 0.508 e. The van der Waals surface area contributed by atoms with Gasteiger partial charge in [-0.2, -0.15) is 13.2 Å². The van der Waals surface area contributed by atoms with Gasteiger partial charge in [-0.05, 0) is 24.3 Å². The van der Waals surface area contributed by atoms with Gasteiger partial charge in [-0.25, -0.2) is 9.78 Å². The van der Waals surface area contributed by atoms with Gasteiger partial charge in [-0.15, -0.1) is 0 Å². The first-order chi connectivity index (χ1) is 11.7. The smallest absolute Gasteiger partial charge is 0.417 e. The molecule has 6 nitrogen and oxygen atoms in total. The van der Waals surface area contributed by atoms with Crippen LogP contribution in [0.25, 0.3) is 0 Å². The zero-order chi connectivity index (χ0) is 18.6. The van der Waals surface area contributed by atoms with Crippen molar-refractivity contribution in [3.63, 3.8) is 0 Å². The highest BCUT2D eigenvalue weighted by Gasteiger charge is 2.31. The molecule has 1 amide bonds. The molecule has 2 N–H and O–H groups in total. The van der Waals surface area contributed by atoms with E-state index in [0.717, 1.165) is 6.07 Å². The number of benzene rings is 1. The van der Waals surface area contributed by atoms with Gasteiger partial charge in [0.1, 0.15) is 5.75 Å². The number of ether oxygens (including phenoxy) is 1. The molecule has 0 saturated carbocycles. The number of phenols is 1. The van der Waals surface area contributed by atoms with Crippen molar-refractivity contribution in [2.24, 2.45) is 0 Å². The molecule has 132 valence electrons. The maximum atomic E-state index is 12.5. The van der Waals surface area contributed by atoms with Crippen LogP contribution in [0.3, 0.4) is 0 Å². The van der Waals surface area contributed by atoms with E-state index in [4.69, 9.17) is 16.3 Å². The molecule has 0 aliphatic rings. The van der Waals surface area contributed by atoms with Crippen LogP contribution in [0.15, 0.2) is 36.5 Å². The monoisotopic (exact) mass is 374 g/mol. The molecule has 1 aromatic heterocycles. The number of carbonyl (C=O) groups is 2. The number of aromatic hydroxyl groups is 1. The Labute approximate surface area is 144 Å². The molecule has 10 heteroatoms. The SMILES string of the molecule is O=C(COC(=O)c1cccc(O)c1)Nc1ncc(C(F)(F)F)cc1Cl. The van der Waals surface area contributed by atoms with Crippen LogP contribution >= 0.6 is 11.6 Å². The number of nitrogens with zero attached hydrogens (tertiary/aromatic N) is 1. The van der Waals surface area contributed by atoms with Gasteiger partial charge in [-0.3, -0.25) is 4.79 Å². The van der Waals surface area contributed by atoms with Crippen molar-refractivity contribution in [1.82, 2.24) is 4.98 Å². The van der Waals surface area contributed by atoms with Gasteiger partial charge >= 0.3 is 12.1 Å². The Hall–Kier alpha value is -2.81. The van der Waals surface area contributed by atoms with E-state index in [9.17, 15) is 27.9 Å². The Morgan fingerprint density at radius 1 is 1.28 bits per heavy atom. The average Bonchev–Trinajstić information content (AvgIpc) is 2.53. The Kier molecular flexibility index (Phi) is 5.48. The Morgan fingerprint density at radius 2 is 2.00 bits per heavy atom. The first kappa shape index (κ1) is 18.5. The summed E-state index contributed by atoms with van der Waals surface area (Å²) in [5, 5.41) is 11.0. The zero-order valence-corrected chi connectivity index (χ0v) is 13.1. The second-order valence-electron chi connectivity index (χ2n) is 4.73. The highest BCUT2D eigenvalue weighted by Crippen LogP contribution is 2.32. The van der Waals surface area contributed by atoms with Crippen molar-refractivity contribution in [2.45, 2.75) is 6.18 Å². The average molecular weight is 375 g/mol. The fourth-order valence-corrected chi connectivity index (χ4v) is 1.91. The molecule has 0 radical (unpaired) electrons.